The Morgan fingerprint density at radius 2 is 1.52 bits per heavy atom. The van der Waals surface area contributed by atoms with Crippen molar-refractivity contribution in [2.45, 2.75) is 51.1 Å². The van der Waals surface area contributed by atoms with Crippen LogP contribution in [0.3, 0.4) is 0 Å². The van der Waals surface area contributed by atoms with E-state index in [9.17, 15) is 13.2 Å². The molecule has 0 unspecified atom stereocenters. The Kier molecular flexibility index (Phi) is 8.10. The SMILES string of the molecule is Cc1cc(C)c([C@H](C)NC(=O)[C@H](Cc2ccccc2)NS(=O)(=O)c2ccc(Br)cc2)cc1C. The molecular weight excluding hydrogens is 500 g/mol. The number of nitrogens with one attached hydrogen (secondary N) is 2. The van der Waals surface area contributed by atoms with Crippen LogP contribution < -0.4 is 10.0 Å². The summed E-state index contributed by atoms with van der Waals surface area (Å²) in [6.07, 6.45) is 0.237. The molecule has 0 bridgehead atoms. The molecule has 0 saturated heterocycles. The van der Waals surface area contributed by atoms with E-state index in [4.69, 9.17) is 0 Å². The van der Waals surface area contributed by atoms with Crippen molar-refractivity contribution in [1.29, 1.82) is 0 Å². The molecule has 0 fully saturated rings. The number of hydrogen-bond donors (Lipinski definition) is 2. The van der Waals surface area contributed by atoms with E-state index >= 15 is 0 Å². The Morgan fingerprint density at radius 3 is 2.15 bits per heavy atom. The third-order valence-corrected chi connectivity index (χ3v) is 7.74. The highest BCUT2D eigenvalue weighted by atomic mass is 79.9. The maximum atomic E-state index is 13.3. The summed E-state index contributed by atoms with van der Waals surface area (Å²) in [7, 11) is -3.89. The minimum absolute atomic E-state index is 0.106. The summed E-state index contributed by atoms with van der Waals surface area (Å²) >= 11 is 3.32. The van der Waals surface area contributed by atoms with E-state index in [1.165, 1.54) is 17.7 Å². The number of halogens is 1. The molecule has 7 heteroatoms. The first-order valence-corrected chi connectivity index (χ1v) is 13.0. The Hall–Kier alpha value is -2.48. The smallest absolute Gasteiger partial charge is 0.241 e. The van der Waals surface area contributed by atoms with Gasteiger partial charge in [-0.25, -0.2) is 8.42 Å². The minimum atomic E-state index is -3.89. The van der Waals surface area contributed by atoms with Gasteiger partial charge in [0.25, 0.3) is 0 Å². The zero-order valence-electron chi connectivity index (χ0n) is 19.2. The van der Waals surface area contributed by atoms with E-state index < -0.39 is 16.1 Å². The predicted molar refractivity (Wildman–Crippen MR) is 136 cm³/mol. The number of sulfonamides is 1. The molecule has 0 saturated carbocycles. The molecule has 33 heavy (non-hydrogen) atoms. The monoisotopic (exact) mass is 528 g/mol. The second-order valence-electron chi connectivity index (χ2n) is 8.34. The van der Waals surface area contributed by atoms with Crippen LogP contribution in [0.1, 0.15) is 40.8 Å². The Morgan fingerprint density at radius 1 is 0.909 bits per heavy atom. The highest BCUT2D eigenvalue weighted by molar-refractivity contribution is 9.10. The summed E-state index contributed by atoms with van der Waals surface area (Å²) in [5.41, 5.74) is 5.31. The number of rotatable bonds is 8. The van der Waals surface area contributed by atoms with Crippen LogP contribution in [-0.2, 0) is 21.2 Å². The van der Waals surface area contributed by atoms with Crippen molar-refractivity contribution in [2.24, 2.45) is 0 Å². The van der Waals surface area contributed by atoms with Crippen molar-refractivity contribution < 1.29 is 13.2 Å². The molecule has 3 aromatic carbocycles. The number of amides is 1. The van der Waals surface area contributed by atoms with E-state index in [1.807, 2.05) is 51.1 Å². The minimum Gasteiger partial charge on any atom is -0.348 e. The fourth-order valence-corrected chi connectivity index (χ4v) is 5.21. The molecule has 3 rings (SSSR count). The van der Waals surface area contributed by atoms with Gasteiger partial charge < -0.3 is 5.32 Å². The lowest BCUT2D eigenvalue weighted by Crippen LogP contribution is -2.48. The Labute approximate surface area is 204 Å². The molecule has 5 nitrogen and oxygen atoms in total. The van der Waals surface area contributed by atoms with E-state index in [0.29, 0.717) is 0 Å². The third-order valence-electron chi connectivity index (χ3n) is 5.73. The molecule has 0 aliphatic carbocycles. The quantitative estimate of drug-likeness (QED) is 0.424. The van der Waals surface area contributed by atoms with Crippen LogP contribution in [-0.4, -0.2) is 20.4 Å². The van der Waals surface area contributed by atoms with Gasteiger partial charge in [0.15, 0.2) is 0 Å². The number of hydrogen-bond acceptors (Lipinski definition) is 3. The topological polar surface area (TPSA) is 75.3 Å². The summed E-state index contributed by atoms with van der Waals surface area (Å²) in [5.74, 6) is -0.371. The van der Waals surface area contributed by atoms with Crippen LogP contribution in [0.2, 0.25) is 0 Å². The molecule has 0 heterocycles. The normalized spacial score (nSPS) is 13.4. The van der Waals surface area contributed by atoms with Crippen LogP contribution in [0.4, 0.5) is 0 Å². The Bertz CT molecular complexity index is 1230. The van der Waals surface area contributed by atoms with Gasteiger partial charge in [-0.15, -0.1) is 0 Å². The maximum Gasteiger partial charge on any atom is 0.241 e. The summed E-state index contributed by atoms with van der Waals surface area (Å²) < 4.78 is 29.5. The van der Waals surface area contributed by atoms with Crippen molar-refractivity contribution in [1.82, 2.24) is 10.0 Å². The second-order valence-corrected chi connectivity index (χ2v) is 11.0. The zero-order valence-corrected chi connectivity index (χ0v) is 21.6. The number of aryl methyl sites for hydroxylation is 3. The van der Waals surface area contributed by atoms with Gasteiger partial charge >= 0.3 is 0 Å². The molecule has 2 N–H and O–H groups in total. The lowest BCUT2D eigenvalue weighted by molar-refractivity contribution is -0.123. The molecule has 3 aromatic rings. The molecule has 1 amide bonds. The van der Waals surface area contributed by atoms with Crippen LogP contribution in [0.15, 0.2) is 76.1 Å². The van der Waals surface area contributed by atoms with E-state index in [0.717, 1.165) is 26.7 Å². The maximum absolute atomic E-state index is 13.3. The average Bonchev–Trinajstić information content (AvgIpc) is 2.76. The predicted octanol–water partition coefficient (Wildman–Crippen LogP) is 5.14. The zero-order chi connectivity index (χ0) is 24.2. The van der Waals surface area contributed by atoms with Gasteiger partial charge in [0.05, 0.1) is 10.9 Å². The molecule has 0 radical (unpaired) electrons. The van der Waals surface area contributed by atoms with Gasteiger partial charge in [-0.3, -0.25) is 4.79 Å². The van der Waals surface area contributed by atoms with E-state index in [1.54, 1.807) is 12.1 Å². The molecule has 0 aliphatic heterocycles. The van der Waals surface area contributed by atoms with Crippen LogP contribution in [0, 0.1) is 20.8 Å². The second kappa shape index (κ2) is 10.6. The first kappa shape index (κ1) is 25.1. The van der Waals surface area contributed by atoms with Gasteiger partial charge in [0.1, 0.15) is 6.04 Å². The number of benzene rings is 3. The van der Waals surface area contributed by atoms with Crippen molar-refractivity contribution in [3.05, 3.63) is 99.0 Å². The summed E-state index contributed by atoms with van der Waals surface area (Å²) in [4.78, 5) is 13.4. The van der Waals surface area contributed by atoms with Gasteiger partial charge in [-0.05, 0) is 86.2 Å². The van der Waals surface area contributed by atoms with Gasteiger partial charge in [0.2, 0.25) is 15.9 Å². The molecule has 0 spiro atoms. The fraction of sp³-hybridized carbons (Fsp3) is 0.269. The lowest BCUT2D eigenvalue weighted by Gasteiger charge is -2.23. The van der Waals surface area contributed by atoms with Crippen LogP contribution in [0.5, 0.6) is 0 Å². The molecule has 0 aliphatic rings. The average molecular weight is 530 g/mol. The number of carbonyl (C=O) groups is 1. The van der Waals surface area contributed by atoms with Crippen molar-refractivity contribution >= 4 is 31.9 Å². The van der Waals surface area contributed by atoms with Crippen molar-refractivity contribution in [3.63, 3.8) is 0 Å². The molecule has 2 atom stereocenters. The van der Waals surface area contributed by atoms with Gasteiger partial charge in [0, 0.05) is 4.47 Å². The fourth-order valence-electron chi connectivity index (χ4n) is 3.75. The standard InChI is InChI=1S/C26H29BrN2O3S/c1-17-14-19(3)24(15-18(17)2)20(4)28-26(30)25(16-21-8-6-5-7-9-21)29-33(31,32)23-12-10-22(27)11-13-23/h5-15,20,25,29H,16H2,1-4H3,(H,28,30)/t20-,25-/m0/s1. The van der Waals surface area contributed by atoms with Gasteiger partial charge in [-0.2, -0.15) is 4.72 Å². The highest BCUT2D eigenvalue weighted by Crippen LogP contribution is 2.22. The summed E-state index contributed by atoms with van der Waals surface area (Å²) in [5, 5.41) is 3.01. The van der Waals surface area contributed by atoms with Crippen LogP contribution in [0.25, 0.3) is 0 Å². The highest BCUT2D eigenvalue weighted by Gasteiger charge is 2.27. The Balaban J connectivity index is 1.86. The summed E-state index contributed by atoms with van der Waals surface area (Å²) in [6.45, 7) is 8.03. The molecule has 174 valence electrons. The molecule has 0 aromatic heterocycles. The van der Waals surface area contributed by atoms with Crippen molar-refractivity contribution in [2.75, 3.05) is 0 Å². The molecular formula is C26H29BrN2O3S. The third kappa shape index (κ3) is 6.53. The van der Waals surface area contributed by atoms with Crippen LogP contribution >= 0.6 is 15.9 Å². The lowest BCUT2D eigenvalue weighted by atomic mass is 9.96. The van der Waals surface area contributed by atoms with E-state index in [2.05, 4.69) is 45.0 Å². The van der Waals surface area contributed by atoms with Gasteiger partial charge in [-0.1, -0.05) is 58.4 Å². The van der Waals surface area contributed by atoms with Crippen molar-refractivity contribution in [3.8, 4) is 0 Å². The van der Waals surface area contributed by atoms with E-state index in [-0.39, 0.29) is 23.3 Å². The first-order chi connectivity index (χ1) is 15.6. The number of carbonyl (C=O) groups excluding carboxylic acids is 1. The summed E-state index contributed by atoms with van der Waals surface area (Å²) in [6, 6.07) is 18.7. The first-order valence-electron chi connectivity index (χ1n) is 10.8. The largest absolute Gasteiger partial charge is 0.348 e.